The van der Waals surface area contributed by atoms with Crippen molar-refractivity contribution in [3.63, 3.8) is 0 Å². The van der Waals surface area contributed by atoms with Crippen LogP contribution in [0.1, 0.15) is 162 Å². The molecule has 0 aromatic rings. The largest absolute Gasteiger partial charge is 0.458 e. The number of cyclic esters (lactones) is 1. The van der Waals surface area contributed by atoms with E-state index < -0.39 is 48.2 Å². The maximum absolute atomic E-state index is 11.9. The molecule has 6 N–H and O–H groups in total. The van der Waals surface area contributed by atoms with Crippen molar-refractivity contribution in [3.8, 4) is 0 Å². The minimum atomic E-state index is -2.03. The first-order chi connectivity index (χ1) is 22.5. The van der Waals surface area contributed by atoms with Gasteiger partial charge in [-0.05, 0) is 64.7 Å². The van der Waals surface area contributed by atoms with E-state index in [1.165, 1.54) is 45.4 Å². The summed E-state index contributed by atoms with van der Waals surface area (Å²) in [4.78, 5) is 11.9. The van der Waals surface area contributed by atoms with Crippen LogP contribution in [0.5, 0.6) is 0 Å². The molecule has 0 aromatic heterocycles. The van der Waals surface area contributed by atoms with Gasteiger partial charge < -0.3 is 44.8 Å². The Bertz CT molecular complexity index is 859. The fraction of sp³-hybridized carbons (Fsp3) is 0.973. The highest BCUT2D eigenvalue weighted by Crippen LogP contribution is 2.33. The Balaban J connectivity index is 1.17. The Kier molecular flexibility index (Phi) is 18.5. The molecule has 0 aromatic carbocycles. The Morgan fingerprint density at radius 3 is 1.74 bits per heavy atom. The quantitative estimate of drug-likeness (QED) is 0.0575. The molecule has 0 bridgehead atoms. The van der Waals surface area contributed by atoms with Crippen molar-refractivity contribution < 1.29 is 49.6 Å². The number of rotatable bonds is 25. The minimum Gasteiger partial charge on any atom is -0.458 e. The number of carbonyl (C=O) groups excluding carboxylic acids is 1. The molecule has 0 saturated carbocycles. The number of esters is 1. The van der Waals surface area contributed by atoms with Crippen LogP contribution in [0.15, 0.2) is 0 Å². The standard InChI is InChI=1S/C37H68O10/c1-3-4-5-6-7-8-12-15-18-29(39)33-23-24-34(47-33)31(41)21-20-30(40)32-22-19-28(46-32)17-14-11-9-10-13-16-27(38)25-37(44)35(42)26(2)45-36(37)43/h26-35,38-42,44H,3-25H2,1-2H3/t26-,27-,28-,29-,30+,31+,32+,33+,34+,35-,37-/m1/s1. The van der Waals surface area contributed by atoms with E-state index in [2.05, 4.69) is 6.92 Å². The number of unbranched alkanes of at least 4 members (excludes halogenated alkanes) is 11. The van der Waals surface area contributed by atoms with Crippen LogP contribution >= 0.6 is 0 Å². The highest BCUT2D eigenvalue weighted by molar-refractivity contribution is 5.82. The van der Waals surface area contributed by atoms with Crippen molar-refractivity contribution in [1.29, 1.82) is 0 Å². The van der Waals surface area contributed by atoms with Crippen molar-refractivity contribution in [2.24, 2.45) is 0 Å². The van der Waals surface area contributed by atoms with Gasteiger partial charge in [-0.25, -0.2) is 4.79 Å². The zero-order chi connectivity index (χ0) is 34.2. The summed E-state index contributed by atoms with van der Waals surface area (Å²) >= 11 is 0. The fourth-order valence-corrected chi connectivity index (χ4v) is 7.66. The van der Waals surface area contributed by atoms with E-state index in [-0.39, 0.29) is 30.8 Å². The summed E-state index contributed by atoms with van der Waals surface area (Å²) in [7, 11) is 0. The maximum Gasteiger partial charge on any atom is 0.341 e. The Hall–Kier alpha value is -0.850. The molecule has 276 valence electrons. The number of aliphatic hydroxyl groups excluding tert-OH is 5. The molecule has 3 rings (SSSR count). The molecule has 3 aliphatic heterocycles. The van der Waals surface area contributed by atoms with E-state index in [9.17, 15) is 35.4 Å². The normalized spacial score (nSPS) is 32.0. The number of carbonyl (C=O) groups is 1. The van der Waals surface area contributed by atoms with Gasteiger partial charge in [0.05, 0.1) is 48.8 Å². The second kappa shape index (κ2) is 21.4. The van der Waals surface area contributed by atoms with Gasteiger partial charge >= 0.3 is 5.97 Å². The first kappa shape index (κ1) is 40.6. The van der Waals surface area contributed by atoms with Crippen LogP contribution in [-0.2, 0) is 19.0 Å². The second-order valence-corrected chi connectivity index (χ2v) is 14.9. The van der Waals surface area contributed by atoms with Crippen molar-refractivity contribution in [3.05, 3.63) is 0 Å². The summed E-state index contributed by atoms with van der Waals surface area (Å²) in [5, 5.41) is 62.9. The minimum absolute atomic E-state index is 0.142. The van der Waals surface area contributed by atoms with Gasteiger partial charge in [-0.1, -0.05) is 90.4 Å². The molecule has 3 saturated heterocycles. The zero-order valence-corrected chi connectivity index (χ0v) is 29.4. The van der Waals surface area contributed by atoms with Crippen LogP contribution in [-0.4, -0.2) is 103 Å². The van der Waals surface area contributed by atoms with E-state index in [1.54, 1.807) is 0 Å². The molecule has 0 aliphatic carbocycles. The van der Waals surface area contributed by atoms with Gasteiger partial charge in [-0.3, -0.25) is 0 Å². The molecular formula is C37H68O10. The molecule has 0 spiro atoms. The molecule has 0 unspecified atom stereocenters. The third kappa shape index (κ3) is 13.4. The van der Waals surface area contributed by atoms with Crippen LogP contribution < -0.4 is 0 Å². The van der Waals surface area contributed by atoms with Crippen LogP contribution in [0.3, 0.4) is 0 Å². The molecule has 3 heterocycles. The van der Waals surface area contributed by atoms with Crippen molar-refractivity contribution in [1.82, 2.24) is 0 Å². The molecule has 0 amide bonds. The van der Waals surface area contributed by atoms with Gasteiger partial charge in [0, 0.05) is 6.42 Å². The van der Waals surface area contributed by atoms with Crippen LogP contribution in [0.25, 0.3) is 0 Å². The Morgan fingerprint density at radius 1 is 0.681 bits per heavy atom. The predicted octanol–water partition coefficient (Wildman–Crippen LogP) is 4.99. The van der Waals surface area contributed by atoms with Crippen LogP contribution in [0, 0.1) is 0 Å². The van der Waals surface area contributed by atoms with E-state index in [4.69, 9.17) is 14.2 Å². The van der Waals surface area contributed by atoms with Crippen molar-refractivity contribution in [2.75, 3.05) is 0 Å². The van der Waals surface area contributed by atoms with Gasteiger partial charge in [0.1, 0.15) is 12.2 Å². The summed E-state index contributed by atoms with van der Waals surface area (Å²) < 4.78 is 17.1. The second-order valence-electron chi connectivity index (χ2n) is 14.9. The van der Waals surface area contributed by atoms with Gasteiger partial charge in [0.15, 0.2) is 5.60 Å². The number of hydrogen-bond acceptors (Lipinski definition) is 10. The molecule has 47 heavy (non-hydrogen) atoms. The third-order valence-corrected chi connectivity index (χ3v) is 10.8. The highest BCUT2D eigenvalue weighted by Gasteiger charge is 2.55. The van der Waals surface area contributed by atoms with Crippen LogP contribution in [0.2, 0.25) is 0 Å². The average Bonchev–Trinajstić information content (AvgIpc) is 3.78. The van der Waals surface area contributed by atoms with Gasteiger partial charge in [0.2, 0.25) is 0 Å². The van der Waals surface area contributed by atoms with Crippen molar-refractivity contribution >= 4 is 5.97 Å². The highest BCUT2D eigenvalue weighted by atomic mass is 16.6. The molecule has 11 atom stereocenters. The number of hydrogen-bond donors (Lipinski definition) is 6. The molecule has 3 aliphatic rings. The van der Waals surface area contributed by atoms with E-state index in [0.717, 1.165) is 83.5 Å². The first-order valence-corrected chi connectivity index (χ1v) is 19.2. The summed E-state index contributed by atoms with van der Waals surface area (Å²) in [6, 6.07) is 0. The SMILES string of the molecule is CCCCCCCCCC[C@@H](O)[C@@H]1CC[C@@H]([C@@H](O)CC[C@H](O)[C@@H]2CC[C@@H](CCCCCCC[C@@H](O)C[C@]3(O)C(=O)O[C@H](C)[C@H]3O)O2)O1. The molecule has 3 fully saturated rings. The van der Waals surface area contributed by atoms with Gasteiger partial charge in [-0.15, -0.1) is 0 Å². The van der Waals surface area contributed by atoms with E-state index in [0.29, 0.717) is 19.3 Å². The van der Waals surface area contributed by atoms with Crippen molar-refractivity contribution in [2.45, 2.75) is 228 Å². The topological polar surface area (TPSA) is 166 Å². The molecule has 0 radical (unpaired) electrons. The maximum atomic E-state index is 11.9. The predicted molar refractivity (Wildman–Crippen MR) is 180 cm³/mol. The lowest BCUT2D eigenvalue weighted by molar-refractivity contribution is -0.160. The zero-order valence-electron chi connectivity index (χ0n) is 29.4. The lowest BCUT2D eigenvalue weighted by Gasteiger charge is -2.25. The summed E-state index contributed by atoms with van der Waals surface area (Å²) in [5.41, 5.74) is -2.03. The first-order valence-electron chi connectivity index (χ1n) is 19.2. The molecule has 10 heteroatoms. The van der Waals surface area contributed by atoms with Gasteiger partial charge in [0.25, 0.3) is 0 Å². The molecule has 10 nitrogen and oxygen atoms in total. The van der Waals surface area contributed by atoms with E-state index >= 15 is 0 Å². The Labute approximate surface area is 283 Å². The summed E-state index contributed by atoms with van der Waals surface area (Å²) in [6.07, 6.45) is 15.5. The summed E-state index contributed by atoms with van der Waals surface area (Å²) in [5.74, 6) is -0.869. The lowest BCUT2D eigenvalue weighted by Crippen LogP contribution is -2.48. The average molecular weight is 673 g/mol. The number of ether oxygens (including phenoxy) is 3. The van der Waals surface area contributed by atoms with Gasteiger partial charge in [-0.2, -0.15) is 0 Å². The Morgan fingerprint density at radius 2 is 1.17 bits per heavy atom. The smallest absolute Gasteiger partial charge is 0.341 e. The number of aliphatic hydroxyl groups is 6. The lowest BCUT2D eigenvalue weighted by atomic mass is 9.88. The van der Waals surface area contributed by atoms with E-state index in [1.807, 2.05) is 0 Å². The fourth-order valence-electron chi connectivity index (χ4n) is 7.66. The monoisotopic (exact) mass is 672 g/mol. The summed E-state index contributed by atoms with van der Waals surface area (Å²) in [6.45, 7) is 3.75. The third-order valence-electron chi connectivity index (χ3n) is 10.8. The van der Waals surface area contributed by atoms with Crippen LogP contribution in [0.4, 0.5) is 0 Å². The molecular weight excluding hydrogens is 604 g/mol.